The SMILES string of the molecule is CCC(C)C1(OC(=O)OC)N=CN(C2CCCCC2)C1CC1CCC(C(c2ccc(F)cc2)N(C)C)CC1. The molecule has 6 nitrogen and oxygen atoms in total. The highest BCUT2D eigenvalue weighted by molar-refractivity contribution is 5.65. The number of carbonyl (C=O) groups excluding carboxylic acids is 1. The Morgan fingerprint density at radius 3 is 2.34 bits per heavy atom. The molecule has 2 aliphatic carbocycles. The van der Waals surface area contributed by atoms with E-state index >= 15 is 0 Å². The van der Waals surface area contributed by atoms with Crippen LogP contribution in [0.1, 0.15) is 96.1 Å². The fourth-order valence-corrected chi connectivity index (χ4v) is 7.38. The number of benzene rings is 1. The van der Waals surface area contributed by atoms with E-state index in [4.69, 9.17) is 14.5 Å². The number of ether oxygens (including phenoxy) is 2. The van der Waals surface area contributed by atoms with Crippen LogP contribution in [0.3, 0.4) is 0 Å². The highest BCUT2D eigenvalue weighted by Gasteiger charge is 2.54. The van der Waals surface area contributed by atoms with Gasteiger partial charge in [0, 0.05) is 18.0 Å². The lowest BCUT2D eigenvalue weighted by atomic mass is 9.72. The predicted molar refractivity (Wildman–Crippen MR) is 150 cm³/mol. The standard InChI is InChI=1S/C31H48FN3O3/c1-6-22(2)31(38-30(36)37-5)28(35(21-33-31)27-10-8-7-9-11-27)20-23-12-14-24(15-13-23)29(34(3)4)25-16-18-26(32)19-17-25/h16-19,21-24,27-29H,6-15,20H2,1-5H3. The first-order valence-electron chi connectivity index (χ1n) is 14.8. The number of hydrogen-bond acceptors (Lipinski definition) is 6. The van der Waals surface area contributed by atoms with Crippen LogP contribution in [0.4, 0.5) is 9.18 Å². The largest absolute Gasteiger partial charge is 0.510 e. The topological polar surface area (TPSA) is 54.4 Å². The lowest BCUT2D eigenvalue weighted by molar-refractivity contribution is -0.0939. The van der Waals surface area contributed by atoms with E-state index in [9.17, 15) is 9.18 Å². The molecule has 3 aliphatic rings. The number of aliphatic imine (C=N–C) groups is 1. The normalized spacial score (nSPS) is 29.9. The summed E-state index contributed by atoms with van der Waals surface area (Å²) in [5.41, 5.74) is 0.283. The first kappa shape index (κ1) is 28.8. The molecule has 7 heteroatoms. The van der Waals surface area contributed by atoms with Crippen molar-refractivity contribution in [3.8, 4) is 0 Å². The molecule has 0 amide bonds. The van der Waals surface area contributed by atoms with E-state index in [0.717, 1.165) is 38.5 Å². The molecular weight excluding hydrogens is 481 g/mol. The van der Waals surface area contributed by atoms with Gasteiger partial charge in [-0.2, -0.15) is 0 Å². The molecule has 4 rings (SSSR count). The summed E-state index contributed by atoms with van der Waals surface area (Å²) >= 11 is 0. The van der Waals surface area contributed by atoms with Gasteiger partial charge in [-0.3, -0.25) is 0 Å². The van der Waals surface area contributed by atoms with Gasteiger partial charge in [0.05, 0.1) is 19.5 Å². The van der Waals surface area contributed by atoms with Crippen molar-refractivity contribution in [3.63, 3.8) is 0 Å². The Bertz CT molecular complexity index is 925. The second-order valence-electron chi connectivity index (χ2n) is 12.1. The second-order valence-corrected chi connectivity index (χ2v) is 12.1. The smallest absolute Gasteiger partial charge is 0.438 e. The van der Waals surface area contributed by atoms with Crippen LogP contribution in [0.25, 0.3) is 0 Å². The fourth-order valence-electron chi connectivity index (χ4n) is 7.38. The number of nitrogens with zero attached hydrogens (tertiary/aromatic N) is 3. The Balaban J connectivity index is 1.51. The maximum absolute atomic E-state index is 13.6. The summed E-state index contributed by atoms with van der Waals surface area (Å²) in [7, 11) is 5.63. The molecule has 0 N–H and O–H groups in total. The van der Waals surface area contributed by atoms with Crippen molar-refractivity contribution >= 4 is 12.5 Å². The number of methoxy groups -OCH3 is 1. The molecule has 1 aliphatic heterocycles. The lowest BCUT2D eigenvalue weighted by Gasteiger charge is -2.45. The number of halogens is 1. The first-order chi connectivity index (χ1) is 18.3. The predicted octanol–water partition coefficient (Wildman–Crippen LogP) is 7.20. The number of rotatable bonds is 9. The van der Waals surface area contributed by atoms with Gasteiger partial charge in [0.15, 0.2) is 0 Å². The molecule has 0 radical (unpaired) electrons. The summed E-state index contributed by atoms with van der Waals surface area (Å²) in [6, 6.07) is 7.80. The van der Waals surface area contributed by atoms with Crippen molar-refractivity contribution in [3.05, 3.63) is 35.6 Å². The highest BCUT2D eigenvalue weighted by atomic mass is 19.1. The van der Waals surface area contributed by atoms with E-state index in [1.54, 1.807) is 12.1 Å². The molecule has 1 aromatic carbocycles. The molecule has 0 spiro atoms. The minimum atomic E-state index is -0.906. The van der Waals surface area contributed by atoms with Crippen molar-refractivity contribution in [1.82, 2.24) is 9.80 Å². The third kappa shape index (κ3) is 6.19. The molecule has 2 saturated carbocycles. The molecule has 1 heterocycles. The summed E-state index contributed by atoms with van der Waals surface area (Å²) < 4.78 is 24.7. The quantitative estimate of drug-likeness (QED) is 0.317. The zero-order valence-electron chi connectivity index (χ0n) is 24.1. The van der Waals surface area contributed by atoms with Gasteiger partial charge in [0.1, 0.15) is 5.82 Å². The Labute approximate surface area is 229 Å². The van der Waals surface area contributed by atoms with Crippen LogP contribution in [-0.4, -0.2) is 61.3 Å². The third-order valence-electron chi connectivity index (χ3n) is 9.62. The van der Waals surface area contributed by atoms with Crippen molar-refractivity contribution in [2.75, 3.05) is 21.2 Å². The molecule has 0 aromatic heterocycles. The van der Waals surface area contributed by atoms with Crippen molar-refractivity contribution < 1.29 is 18.7 Å². The van der Waals surface area contributed by atoms with Crippen LogP contribution in [0.15, 0.2) is 29.3 Å². The van der Waals surface area contributed by atoms with Crippen LogP contribution in [0, 0.1) is 23.6 Å². The second kappa shape index (κ2) is 12.8. The van der Waals surface area contributed by atoms with Crippen LogP contribution in [0.2, 0.25) is 0 Å². The Kier molecular flexibility index (Phi) is 9.72. The van der Waals surface area contributed by atoms with Gasteiger partial charge >= 0.3 is 6.16 Å². The van der Waals surface area contributed by atoms with Gasteiger partial charge in [-0.1, -0.05) is 58.1 Å². The summed E-state index contributed by atoms with van der Waals surface area (Å²) in [6.07, 6.45) is 13.9. The van der Waals surface area contributed by atoms with Crippen LogP contribution < -0.4 is 0 Å². The zero-order chi connectivity index (χ0) is 27.3. The molecule has 212 valence electrons. The van der Waals surface area contributed by atoms with E-state index in [-0.39, 0.29) is 23.8 Å². The molecule has 4 atom stereocenters. The Morgan fingerprint density at radius 2 is 1.76 bits per heavy atom. The fraction of sp³-hybridized carbons (Fsp3) is 0.742. The maximum atomic E-state index is 13.6. The van der Waals surface area contributed by atoms with Crippen LogP contribution in [-0.2, 0) is 9.47 Å². The molecule has 2 fully saturated rings. The number of hydrogen-bond donors (Lipinski definition) is 0. The van der Waals surface area contributed by atoms with Crippen molar-refractivity contribution in [1.29, 1.82) is 0 Å². The highest BCUT2D eigenvalue weighted by Crippen LogP contribution is 2.46. The third-order valence-corrected chi connectivity index (χ3v) is 9.62. The summed E-state index contributed by atoms with van der Waals surface area (Å²) in [4.78, 5) is 22.2. The van der Waals surface area contributed by atoms with Crippen LogP contribution in [0.5, 0.6) is 0 Å². The molecule has 1 aromatic rings. The minimum Gasteiger partial charge on any atom is -0.438 e. The summed E-state index contributed by atoms with van der Waals surface area (Å²) in [5, 5.41) is 0. The molecular formula is C31H48FN3O3. The van der Waals surface area contributed by atoms with Gasteiger partial charge in [0.2, 0.25) is 5.72 Å². The van der Waals surface area contributed by atoms with E-state index in [1.807, 2.05) is 18.5 Å². The first-order valence-corrected chi connectivity index (χ1v) is 14.8. The van der Waals surface area contributed by atoms with Gasteiger partial charge in [0.25, 0.3) is 0 Å². The monoisotopic (exact) mass is 529 g/mol. The molecule has 0 bridgehead atoms. The van der Waals surface area contributed by atoms with E-state index < -0.39 is 11.9 Å². The Morgan fingerprint density at radius 1 is 1.11 bits per heavy atom. The summed E-state index contributed by atoms with van der Waals surface area (Å²) in [5.74, 6) is 0.982. The molecule has 38 heavy (non-hydrogen) atoms. The van der Waals surface area contributed by atoms with E-state index in [2.05, 4.69) is 37.7 Å². The van der Waals surface area contributed by atoms with E-state index in [1.165, 1.54) is 44.8 Å². The van der Waals surface area contributed by atoms with Crippen LogP contribution >= 0.6 is 0 Å². The van der Waals surface area contributed by atoms with Gasteiger partial charge in [-0.25, -0.2) is 14.2 Å². The van der Waals surface area contributed by atoms with Gasteiger partial charge in [-0.05, 0) is 82.2 Å². The van der Waals surface area contributed by atoms with Gasteiger partial charge in [-0.15, -0.1) is 0 Å². The summed E-state index contributed by atoms with van der Waals surface area (Å²) in [6.45, 7) is 4.30. The van der Waals surface area contributed by atoms with Crippen molar-refractivity contribution in [2.24, 2.45) is 22.7 Å². The molecule has 4 unspecified atom stereocenters. The number of carbonyl (C=O) groups is 1. The van der Waals surface area contributed by atoms with Gasteiger partial charge < -0.3 is 19.3 Å². The van der Waals surface area contributed by atoms with Crippen molar-refractivity contribution in [2.45, 2.75) is 108 Å². The average Bonchev–Trinajstić information content (AvgIpc) is 3.29. The minimum absolute atomic E-state index is 0.0305. The zero-order valence-corrected chi connectivity index (χ0v) is 24.1. The maximum Gasteiger partial charge on any atom is 0.510 e. The molecule has 0 saturated heterocycles. The average molecular weight is 530 g/mol. The van der Waals surface area contributed by atoms with E-state index in [0.29, 0.717) is 17.9 Å². The Hall–Kier alpha value is -2.15. The lowest BCUT2D eigenvalue weighted by Crippen LogP contribution is -2.56.